The smallest absolute Gasteiger partial charge is 0.268 e. The second-order valence-corrected chi connectivity index (χ2v) is 10.3. The molecule has 7 nitrogen and oxygen atoms in total. The van der Waals surface area contributed by atoms with Crippen LogP contribution in [0.4, 0.5) is 0 Å². The zero-order valence-electron chi connectivity index (χ0n) is 18.7. The molecule has 1 atom stereocenters. The van der Waals surface area contributed by atoms with E-state index >= 15 is 0 Å². The molecule has 0 saturated heterocycles. The van der Waals surface area contributed by atoms with Crippen LogP contribution in [-0.2, 0) is 16.4 Å². The largest absolute Gasteiger partial charge is 0.369 e. The highest BCUT2D eigenvalue weighted by atomic mass is 32.2. The van der Waals surface area contributed by atoms with Gasteiger partial charge in [-0.25, -0.2) is 12.4 Å². The average Bonchev–Trinajstić information content (AvgIpc) is 3.17. The number of nitrogens with two attached hydrogens (primary N) is 2. The predicted octanol–water partition coefficient (Wildman–Crippen LogP) is 3.89. The van der Waals surface area contributed by atoms with Crippen LogP contribution in [0.15, 0.2) is 94.0 Å². The lowest BCUT2D eigenvalue weighted by Gasteiger charge is -2.25. The van der Waals surface area contributed by atoms with Crippen molar-refractivity contribution < 1.29 is 8.42 Å². The normalized spacial score (nSPS) is 17.0. The number of fused-ring (bicyclic) bond motifs is 3. The summed E-state index contributed by atoms with van der Waals surface area (Å²) < 4.78 is 29.4. The predicted molar refractivity (Wildman–Crippen MR) is 136 cm³/mol. The zero-order chi connectivity index (χ0) is 23.9. The number of guanidine groups is 1. The standard InChI is InChI=1S/C26H25N5O2S/c1-17-12-13-23-21(14-17)25-22(29-30-26(27)28)15-19(18-8-4-2-5-9-18)16-24(25)31(23)34(32,33)20-10-6-3-7-11-20/h2-14,19H,15-16H2,1H3,(H4,27,28,30). The maximum absolute atomic E-state index is 13.9. The van der Waals surface area contributed by atoms with Crippen LogP contribution in [-0.4, -0.2) is 24.1 Å². The molecule has 1 aliphatic rings. The van der Waals surface area contributed by atoms with Gasteiger partial charge in [-0.1, -0.05) is 60.2 Å². The molecule has 0 saturated carbocycles. The van der Waals surface area contributed by atoms with Crippen LogP contribution in [0.25, 0.3) is 10.9 Å². The molecule has 1 heterocycles. The fourth-order valence-corrected chi connectivity index (χ4v) is 6.31. The SMILES string of the molecule is Cc1ccc2c(c1)c1c(n2S(=O)(=O)c2ccccc2)CC(c2ccccc2)CC1=NN=C(N)N. The first-order valence-electron chi connectivity index (χ1n) is 11.0. The van der Waals surface area contributed by atoms with Crippen molar-refractivity contribution in [2.75, 3.05) is 0 Å². The van der Waals surface area contributed by atoms with Crippen molar-refractivity contribution in [2.45, 2.75) is 30.6 Å². The minimum atomic E-state index is -3.86. The third-order valence-electron chi connectivity index (χ3n) is 6.18. The first-order chi connectivity index (χ1) is 16.4. The van der Waals surface area contributed by atoms with Crippen molar-refractivity contribution in [3.63, 3.8) is 0 Å². The Morgan fingerprint density at radius 3 is 2.29 bits per heavy atom. The number of rotatable bonds is 4. The van der Waals surface area contributed by atoms with Crippen molar-refractivity contribution in [1.29, 1.82) is 0 Å². The molecule has 0 bridgehead atoms. The summed E-state index contributed by atoms with van der Waals surface area (Å²) in [5.74, 6) is -0.121. The lowest BCUT2D eigenvalue weighted by molar-refractivity contribution is 0.583. The summed E-state index contributed by atoms with van der Waals surface area (Å²) in [5, 5.41) is 9.15. The molecule has 8 heteroatoms. The first kappa shape index (κ1) is 21.9. The molecule has 0 amide bonds. The molecule has 34 heavy (non-hydrogen) atoms. The van der Waals surface area contributed by atoms with Gasteiger partial charge in [-0.05, 0) is 55.5 Å². The third-order valence-corrected chi connectivity index (χ3v) is 7.95. The van der Waals surface area contributed by atoms with E-state index in [9.17, 15) is 8.42 Å². The van der Waals surface area contributed by atoms with Gasteiger partial charge in [-0.15, -0.1) is 5.10 Å². The molecule has 1 unspecified atom stereocenters. The summed E-state index contributed by atoms with van der Waals surface area (Å²) >= 11 is 0. The summed E-state index contributed by atoms with van der Waals surface area (Å²) in [6.07, 6.45) is 1.13. The molecule has 172 valence electrons. The molecule has 0 spiro atoms. The summed E-state index contributed by atoms with van der Waals surface area (Å²) in [5.41, 5.74) is 16.1. The van der Waals surface area contributed by atoms with E-state index in [1.165, 1.54) is 3.97 Å². The monoisotopic (exact) mass is 471 g/mol. The zero-order valence-corrected chi connectivity index (χ0v) is 19.5. The van der Waals surface area contributed by atoms with E-state index in [1.54, 1.807) is 30.3 Å². The second kappa shape index (κ2) is 8.46. The van der Waals surface area contributed by atoms with Crippen LogP contribution < -0.4 is 11.5 Å². The van der Waals surface area contributed by atoms with Gasteiger partial charge in [0.2, 0.25) is 5.96 Å². The molecule has 4 aromatic rings. The Labute approximate surface area is 198 Å². The van der Waals surface area contributed by atoms with Gasteiger partial charge in [-0.3, -0.25) is 0 Å². The molecule has 5 rings (SSSR count). The van der Waals surface area contributed by atoms with Gasteiger partial charge in [0.15, 0.2) is 0 Å². The van der Waals surface area contributed by atoms with E-state index in [-0.39, 0.29) is 16.8 Å². The molecular formula is C26H25N5O2S. The molecule has 0 aliphatic heterocycles. The van der Waals surface area contributed by atoms with E-state index in [2.05, 4.69) is 22.3 Å². The maximum atomic E-state index is 13.9. The number of aromatic nitrogens is 1. The maximum Gasteiger partial charge on any atom is 0.268 e. The fraction of sp³-hybridized carbons (Fsp3) is 0.154. The minimum Gasteiger partial charge on any atom is -0.369 e. The minimum absolute atomic E-state index is 0.0248. The van der Waals surface area contributed by atoms with E-state index in [4.69, 9.17) is 11.5 Å². The molecule has 1 aromatic heterocycles. The molecule has 0 fully saturated rings. The summed E-state index contributed by atoms with van der Waals surface area (Å²) in [7, 11) is -3.86. The Hall–Kier alpha value is -3.91. The quantitative estimate of drug-likeness (QED) is 0.267. The lowest BCUT2D eigenvalue weighted by atomic mass is 9.81. The number of nitrogens with zero attached hydrogens (tertiary/aromatic N) is 3. The van der Waals surface area contributed by atoms with Crippen LogP contribution in [0, 0.1) is 6.92 Å². The summed E-state index contributed by atoms with van der Waals surface area (Å²) in [6.45, 7) is 1.98. The average molecular weight is 472 g/mol. The van der Waals surface area contributed by atoms with Crippen molar-refractivity contribution in [3.8, 4) is 0 Å². The van der Waals surface area contributed by atoms with Gasteiger partial charge >= 0.3 is 0 Å². The summed E-state index contributed by atoms with van der Waals surface area (Å²) in [4.78, 5) is 0.236. The second-order valence-electron chi connectivity index (χ2n) is 8.51. The van der Waals surface area contributed by atoms with Crippen molar-refractivity contribution >= 4 is 32.6 Å². The van der Waals surface area contributed by atoms with E-state index in [1.807, 2.05) is 43.3 Å². The van der Waals surface area contributed by atoms with Crippen molar-refractivity contribution in [3.05, 3.63) is 101 Å². The van der Waals surface area contributed by atoms with Crippen molar-refractivity contribution in [2.24, 2.45) is 21.7 Å². The van der Waals surface area contributed by atoms with Crippen LogP contribution in [0.3, 0.4) is 0 Å². The first-order valence-corrected chi connectivity index (χ1v) is 12.5. The third kappa shape index (κ3) is 3.76. The van der Waals surface area contributed by atoms with Gasteiger partial charge in [0.1, 0.15) is 0 Å². The van der Waals surface area contributed by atoms with Gasteiger partial charge < -0.3 is 11.5 Å². The van der Waals surface area contributed by atoms with Crippen LogP contribution in [0.5, 0.6) is 0 Å². The number of hydrogen-bond donors (Lipinski definition) is 2. The highest BCUT2D eigenvalue weighted by molar-refractivity contribution is 7.90. The molecule has 3 aromatic carbocycles. The Balaban J connectivity index is 1.84. The molecular weight excluding hydrogens is 446 g/mol. The van der Waals surface area contributed by atoms with Crippen LogP contribution >= 0.6 is 0 Å². The van der Waals surface area contributed by atoms with E-state index in [0.717, 1.165) is 22.1 Å². The lowest BCUT2D eigenvalue weighted by Crippen LogP contribution is -2.25. The van der Waals surface area contributed by atoms with E-state index in [0.29, 0.717) is 29.8 Å². The van der Waals surface area contributed by atoms with Gasteiger partial charge in [0.25, 0.3) is 10.0 Å². The number of aryl methyl sites for hydroxylation is 1. The van der Waals surface area contributed by atoms with Crippen LogP contribution in [0.1, 0.15) is 34.7 Å². The Morgan fingerprint density at radius 2 is 1.62 bits per heavy atom. The number of hydrogen-bond acceptors (Lipinski definition) is 4. The highest BCUT2D eigenvalue weighted by Crippen LogP contribution is 2.40. The van der Waals surface area contributed by atoms with Crippen LogP contribution in [0.2, 0.25) is 0 Å². The van der Waals surface area contributed by atoms with Gasteiger partial charge in [0.05, 0.1) is 16.1 Å². The Bertz CT molecular complexity index is 1530. The number of benzene rings is 3. The molecule has 1 aliphatic carbocycles. The Morgan fingerprint density at radius 1 is 0.941 bits per heavy atom. The topological polar surface area (TPSA) is 116 Å². The fourth-order valence-electron chi connectivity index (χ4n) is 4.72. The van der Waals surface area contributed by atoms with Gasteiger partial charge in [0, 0.05) is 16.6 Å². The molecule has 4 N–H and O–H groups in total. The summed E-state index contributed by atoms with van der Waals surface area (Å²) in [6, 6.07) is 24.3. The molecule has 0 radical (unpaired) electrons. The van der Waals surface area contributed by atoms with E-state index < -0.39 is 10.0 Å². The van der Waals surface area contributed by atoms with Crippen molar-refractivity contribution in [1.82, 2.24) is 3.97 Å². The Kier molecular flexibility index (Phi) is 5.45. The van der Waals surface area contributed by atoms with Gasteiger partial charge in [-0.2, -0.15) is 5.10 Å². The highest BCUT2D eigenvalue weighted by Gasteiger charge is 2.35.